The van der Waals surface area contributed by atoms with Crippen LogP contribution >= 0.6 is 12.4 Å². The number of aryl methyl sites for hydroxylation is 1. The van der Waals surface area contributed by atoms with Crippen molar-refractivity contribution in [3.63, 3.8) is 0 Å². The van der Waals surface area contributed by atoms with Crippen LogP contribution in [0.5, 0.6) is 0 Å². The van der Waals surface area contributed by atoms with Crippen LogP contribution in [-0.2, 0) is 29.0 Å². The van der Waals surface area contributed by atoms with Crippen LogP contribution in [0.15, 0.2) is 28.8 Å². The van der Waals surface area contributed by atoms with Crippen LogP contribution < -0.4 is 0 Å². The monoisotopic (exact) mass is 534 g/mol. The van der Waals surface area contributed by atoms with Gasteiger partial charge in [0.2, 0.25) is 17.7 Å². The number of piperazine rings is 1. The summed E-state index contributed by atoms with van der Waals surface area (Å²) in [7, 11) is 1.89. The largest absolute Gasteiger partial charge is 0.343 e. The van der Waals surface area contributed by atoms with Gasteiger partial charge in [-0.25, -0.2) is 0 Å². The Morgan fingerprint density at radius 1 is 1.16 bits per heavy atom. The van der Waals surface area contributed by atoms with Gasteiger partial charge in [-0.1, -0.05) is 36.6 Å². The van der Waals surface area contributed by atoms with Crippen LogP contribution in [-0.4, -0.2) is 80.8 Å². The average Bonchev–Trinajstić information content (AvgIpc) is 3.35. The van der Waals surface area contributed by atoms with Crippen molar-refractivity contribution in [2.24, 2.45) is 0 Å². The average molecular weight is 535 g/mol. The van der Waals surface area contributed by atoms with Crippen LogP contribution in [0.1, 0.15) is 55.8 Å². The van der Waals surface area contributed by atoms with E-state index >= 15 is 0 Å². The van der Waals surface area contributed by atoms with Gasteiger partial charge in [0.25, 0.3) is 5.69 Å². The van der Waals surface area contributed by atoms with E-state index in [1.807, 2.05) is 11.9 Å². The van der Waals surface area contributed by atoms with Crippen LogP contribution in [0.4, 0.5) is 5.69 Å². The fourth-order valence-electron chi connectivity index (χ4n) is 4.94. The first kappa shape index (κ1) is 28.5. The molecule has 2 aromatic rings. The topological polar surface area (TPSA) is 126 Å². The van der Waals surface area contributed by atoms with E-state index in [0.717, 1.165) is 12.8 Å². The van der Waals surface area contributed by atoms with Crippen LogP contribution in [0.25, 0.3) is 0 Å². The summed E-state index contributed by atoms with van der Waals surface area (Å²) in [6.45, 7) is 3.01. The molecule has 2 fully saturated rings. The van der Waals surface area contributed by atoms with Gasteiger partial charge in [0.1, 0.15) is 0 Å². The molecule has 0 radical (unpaired) electrons. The van der Waals surface area contributed by atoms with E-state index in [1.165, 1.54) is 31.4 Å². The highest BCUT2D eigenvalue weighted by Gasteiger charge is 2.24. The number of non-ortho nitro benzene ring substituents is 1. The molecule has 1 aliphatic heterocycles. The molecular weight excluding hydrogens is 500 g/mol. The van der Waals surface area contributed by atoms with Gasteiger partial charge in [-0.2, -0.15) is 4.98 Å². The summed E-state index contributed by atoms with van der Waals surface area (Å²) in [6, 6.07) is 6.55. The molecule has 1 aromatic heterocycles. The Kier molecular flexibility index (Phi) is 10.4. The molecule has 2 amide bonds. The van der Waals surface area contributed by atoms with E-state index in [-0.39, 0.29) is 36.3 Å². The molecule has 2 heterocycles. The van der Waals surface area contributed by atoms with Crippen LogP contribution in [0, 0.1) is 10.1 Å². The summed E-state index contributed by atoms with van der Waals surface area (Å²) in [5.74, 6) is 1.13. The summed E-state index contributed by atoms with van der Waals surface area (Å²) < 4.78 is 5.36. The lowest BCUT2D eigenvalue weighted by Gasteiger charge is -2.34. The van der Waals surface area contributed by atoms with Crippen molar-refractivity contribution in [2.45, 2.75) is 64.0 Å². The number of nitro benzene ring substituents is 1. The van der Waals surface area contributed by atoms with Gasteiger partial charge in [-0.05, 0) is 18.4 Å². The molecule has 1 aliphatic carbocycles. The molecule has 4 rings (SSSR count). The zero-order chi connectivity index (χ0) is 25.5. The lowest BCUT2D eigenvalue weighted by atomic mass is 9.94. The Labute approximate surface area is 222 Å². The third kappa shape index (κ3) is 7.96. The van der Waals surface area contributed by atoms with Crippen LogP contribution in [0.2, 0.25) is 0 Å². The SMILES string of the molecule is CN(C(=O)CCc1nc(CN2CCN(C(=O)Cc3cccc([N+](=O)[O-])c3)CC2)no1)C1CCCCC1.Cl. The van der Waals surface area contributed by atoms with E-state index in [1.54, 1.807) is 17.0 Å². The number of carbonyl (C=O) groups excluding carboxylic acids is 2. The lowest BCUT2D eigenvalue weighted by Crippen LogP contribution is -2.48. The van der Waals surface area contributed by atoms with Gasteiger partial charge in [0.15, 0.2) is 5.82 Å². The van der Waals surface area contributed by atoms with Crippen molar-refractivity contribution in [3.8, 4) is 0 Å². The van der Waals surface area contributed by atoms with Crippen molar-refractivity contribution >= 4 is 29.9 Å². The predicted molar refractivity (Wildman–Crippen MR) is 138 cm³/mol. The summed E-state index contributed by atoms with van der Waals surface area (Å²) >= 11 is 0. The number of benzene rings is 1. The molecule has 0 unspecified atom stereocenters. The summed E-state index contributed by atoms with van der Waals surface area (Å²) in [4.78, 5) is 46.0. The number of carbonyl (C=O) groups is 2. The molecule has 0 atom stereocenters. The Balaban J connectivity index is 0.00000380. The summed E-state index contributed by atoms with van der Waals surface area (Å²) in [6.07, 6.45) is 6.74. The van der Waals surface area contributed by atoms with Crippen molar-refractivity contribution < 1.29 is 19.0 Å². The molecule has 1 saturated carbocycles. The van der Waals surface area contributed by atoms with Gasteiger partial charge >= 0.3 is 0 Å². The first-order chi connectivity index (χ1) is 17.4. The highest BCUT2D eigenvalue weighted by atomic mass is 35.5. The fourth-order valence-corrected chi connectivity index (χ4v) is 4.94. The highest BCUT2D eigenvalue weighted by molar-refractivity contribution is 5.85. The fraction of sp³-hybridized carbons (Fsp3) is 0.600. The van der Waals surface area contributed by atoms with Crippen molar-refractivity contribution in [1.82, 2.24) is 24.8 Å². The normalized spacial score (nSPS) is 16.7. The minimum absolute atomic E-state index is 0. The van der Waals surface area contributed by atoms with Gasteiger partial charge in [0.05, 0.1) is 17.9 Å². The number of halogens is 1. The first-order valence-corrected chi connectivity index (χ1v) is 12.7. The Morgan fingerprint density at radius 2 is 1.89 bits per heavy atom. The minimum Gasteiger partial charge on any atom is -0.343 e. The molecule has 11 nitrogen and oxygen atoms in total. The maximum atomic E-state index is 12.7. The van der Waals surface area contributed by atoms with E-state index in [9.17, 15) is 19.7 Å². The molecule has 0 bridgehead atoms. The van der Waals surface area contributed by atoms with E-state index < -0.39 is 4.92 Å². The maximum absolute atomic E-state index is 12.7. The number of amides is 2. The number of rotatable bonds is 9. The zero-order valence-electron chi connectivity index (χ0n) is 21.2. The summed E-state index contributed by atoms with van der Waals surface area (Å²) in [5.41, 5.74) is 0.629. The second kappa shape index (κ2) is 13.5. The first-order valence-electron chi connectivity index (χ1n) is 12.7. The second-order valence-electron chi connectivity index (χ2n) is 9.66. The number of hydrogen-bond acceptors (Lipinski definition) is 8. The van der Waals surface area contributed by atoms with E-state index in [0.29, 0.717) is 68.9 Å². The van der Waals surface area contributed by atoms with Gasteiger partial charge in [0, 0.05) is 64.2 Å². The maximum Gasteiger partial charge on any atom is 0.269 e. The molecule has 2 aliphatic rings. The standard InChI is InChI=1S/C25H34N6O5.ClH/c1-28(20-7-3-2-4-8-20)24(32)11-10-23-26-22(27-36-23)18-29-12-14-30(15-13-29)25(33)17-19-6-5-9-21(16-19)31(34)35;/h5-6,9,16,20H,2-4,7-8,10-15,17-18H2,1H3;1H. The molecule has 1 aromatic carbocycles. The van der Waals surface area contributed by atoms with Crippen molar-refractivity contribution in [3.05, 3.63) is 51.7 Å². The van der Waals surface area contributed by atoms with Gasteiger partial charge < -0.3 is 14.3 Å². The molecule has 202 valence electrons. The quantitative estimate of drug-likeness (QED) is 0.355. The summed E-state index contributed by atoms with van der Waals surface area (Å²) in [5, 5.41) is 15.0. The smallest absolute Gasteiger partial charge is 0.269 e. The van der Waals surface area contributed by atoms with E-state index in [4.69, 9.17) is 4.52 Å². The molecule has 1 saturated heterocycles. The molecule has 0 N–H and O–H groups in total. The number of aromatic nitrogens is 2. The number of hydrogen-bond donors (Lipinski definition) is 0. The molecule has 0 spiro atoms. The Morgan fingerprint density at radius 3 is 2.59 bits per heavy atom. The van der Waals surface area contributed by atoms with Crippen LogP contribution in [0.3, 0.4) is 0 Å². The third-order valence-electron chi connectivity index (χ3n) is 7.15. The van der Waals surface area contributed by atoms with Gasteiger partial charge in [-0.3, -0.25) is 24.6 Å². The van der Waals surface area contributed by atoms with Gasteiger partial charge in [-0.15, -0.1) is 12.4 Å². The van der Waals surface area contributed by atoms with E-state index in [2.05, 4.69) is 15.0 Å². The second-order valence-corrected chi connectivity index (χ2v) is 9.66. The van der Waals surface area contributed by atoms with Crippen molar-refractivity contribution in [1.29, 1.82) is 0 Å². The third-order valence-corrected chi connectivity index (χ3v) is 7.15. The predicted octanol–water partition coefficient (Wildman–Crippen LogP) is 3.01. The number of nitrogens with zero attached hydrogens (tertiary/aromatic N) is 6. The minimum atomic E-state index is -0.454. The Hall–Kier alpha value is -3.05. The molecule has 12 heteroatoms. The number of nitro groups is 1. The molecular formula is C25H35ClN6O5. The Bertz CT molecular complexity index is 1070. The zero-order valence-corrected chi connectivity index (χ0v) is 22.0. The molecule has 37 heavy (non-hydrogen) atoms. The highest BCUT2D eigenvalue weighted by Crippen LogP contribution is 2.22. The lowest BCUT2D eigenvalue weighted by molar-refractivity contribution is -0.384. The van der Waals surface area contributed by atoms with Crippen molar-refractivity contribution in [2.75, 3.05) is 33.2 Å².